The predicted molar refractivity (Wildman–Crippen MR) is 78.2 cm³/mol. The molecule has 2 aromatic rings. The van der Waals surface area contributed by atoms with Crippen LogP contribution in [-0.4, -0.2) is 25.3 Å². The first-order chi connectivity index (χ1) is 9.06. The van der Waals surface area contributed by atoms with Gasteiger partial charge < -0.3 is 19.8 Å². The molecule has 4 nitrogen and oxygen atoms in total. The van der Waals surface area contributed by atoms with Crippen LogP contribution < -0.4 is 15.2 Å². The Hall–Kier alpha value is -1.68. The van der Waals surface area contributed by atoms with E-state index in [9.17, 15) is 0 Å². The van der Waals surface area contributed by atoms with Crippen LogP contribution >= 0.6 is 0 Å². The number of nitrogens with zero attached hydrogens (tertiary/aromatic N) is 1. The van der Waals surface area contributed by atoms with Crippen molar-refractivity contribution < 1.29 is 9.47 Å². The molecule has 1 aromatic carbocycles. The van der Waals surface area contributed by atoms with E-state index >= 15 is 0 Å². The largest absolute Gasteiger partial charge is 0.496 e. The third-order valence-corrected chi connectivity index (χ3v) is 3.89. The van der Waals surface area contributed by atoms with Gasteiger partial charge in [0, 0.05) is 18.1 Å². The SMILES string of the molecule is COc1ccc(OC)c2c1c(C(C)CN)c(C)n2C. The van der Waals surface area contributed by atoms with Gasteiger partial charge in [-0.2, -0.15) is 0 Å². The fraction of sp³-hybridized carbons (Fsp3) is 0.467. The quantitative estimate of drug-likeness (QED) is 0.921. The molecule has 1 atom stereocenters. The molecule has 0 saturated carbocycles. The smallest absolute Gasteiger partial charge is 0.143 e. The van der Waals surface area contributed by atoms with Crippen LogP contribution in [0.2, 0.25) is 0 Å². The molecule has 1 heterocycles. The van der Waals surface area contributed by atoms with Gasteiger partial charge in [0.05, 0.1) is 19.7 Å². The van der Waals surface area contributed by atoms with E-state index in [-0.39, 0.29) is 5.92 Å². The van der Waals surface area contributed by atoms with Crippen molar-refractivity contribution in [2.24, 2.45) is 12.8 Å². The molecule has 0 amide bonds. The summed E-state index contributed by atoms with van der Waals surface area (Å²) in [5.41, 5.74) is 9.37. The van der Waals surface area contributed by atoms with Crippen molar-refractivity contribution in [3.05, 3.63) is 23.4 Å². The standard InChI is InChI=1S/C15H22N2O2/c1-9(8-16)13-10(2)17(3)15-12(19-5)7-6-11(18-4)14(13)15/h6-7,9H,8,16H2,1-5H3. The van der Waals surface area contributed by atoms with Gasteiger partial charge in [-0.15, -0.1) is 0 Å². The van der Waals surface area contributed by atoms with Crippen LogP contribution in [0.5, 0.6) is 11.5 Å². The number of fused-ring (bicyclic) bond motifs is 1. The zero-order chi connectivity index (χ0) is 14.2. The van der Waals surface area contributed by atoms with E-state index in [0.29, 0.717) is 6.54 Å². The monoisotopic (exact) mass is 262 g/mol. The molecule has 0 saturated heterocycles. The lowest BCUT2D eigenvalue weighted by Crippen LogP contribution is -2.10. The highest BCUT2D eigenvalue weighted by atomic mass is 16.5. The van der Waals surface area contributed by atoms with Crippen LogP contribution in [0.4, 0.5) is 0 Å². The lowest BCUT2D eigenvalue weighted by Gasteiger charge is -2.12. The summed E-state index contributed by atoms with van der Waals surface area (Å²) in [6.45, 7) is 4.86. The van der Waals surface area contributed by atoms with Gasteiger partial charge in [0.1, 0.15) is 11.5 Å². The summed E-state index contributed by atoms with van der Waals surface area (Å²) in [5.74, 6) is 2.01. The average Bonchev–Trinajstić information content (AvgIpc) is 2.70. The lowest BCUT2D eigenvalue weighted by molar-refractivity contribution is 0.409. The average molecular weight is 262 g/mol. The van der Waals surface area contributed by atoms with Crippen molar-refractivity contribution in [1.29, 1.82) is 0 Å². The fourth-order valence-electron chi connectivity index (χ4n) is 2.73. The normalized spacial score (nSPS) is 12.7. The van der Waals surface area contributed by atoms with Crippen molar-refractivity contribution >= 4 is 10.9 Å². The summed E-state index contributed by atoms with van der Waals surface area (Å²) in [4.78, 5) is 0. The Kier molecular flexibility index (Phi) is 3.71. The molecular weight excluding hydrogens is 240 g/mol. The second kappa shape index (κ2) is 5.13. The van der Waals surface area contributed by atoms with Gasteiger partial charge in [-0.3, -0.25) is 0 Å². The van der Waals surface area contributed by atoms with E-state index in [1.54, 1.807) is 14.2 Å². The van der Waals surface area contributed by atoms with Crippen LogP contribution in [0.1, 0.15) is 24.1 Å². The number of ether oxygens (including phenoxy) is 2. The number of nitrogens with two attached hydrogens (primary N) is 1. The number of methoxy groups -OCH3 is 2. The molecule has 0 aliphatic rings. The third-order valence-electron chi connectivity index (χ3n) is 3.89. The zero-order valence-electron chi connectivity index (χ0n) is 12.3. The van der Waals surface area contributed by atoms with Gasteiger partial charge in [-0.1, -0.05) is 6.92 Å². The fourth-order valence-corrected chi connectivity index (χ4v) is 2.73. The molecule has 0 bridgehead atoms. The Morgan fingerprint density at radius 2 is 1.79 bits per heavy atom. The van der Waals surface area contributed by atoms with Crippen LogP contribution in [0.15, 0.2) is 12.1 Å². The lowest BCUT2D eigenvalue weighted by atomic mass is 9.97. The molecule has 4 heteroatoms. The number of aromatic nitrogens is 1. The summed E-state index contributed by atoms with van der Waals surface area (Å²) in [5, 5.41) is 1.11. The maximum absolute atomic E-state index is 5.85. The summed E-state index contributed by atoms with van der Waals surface area (Å²) in [7, 11) is 5.43. The molecule has 0 aliphatic carbocycles. The molecule has 1 unspecified atom stereocenters. The van der Waals surface area contributed by atoms with Crippen molar-refractivity contribution in [3.8, 4) is 11.5 Å². The number of benzene rings is 1. The Bertz CT molecular complexity index is 602. The number of hydrogen-bond acceptors (Lipinski definition) is 3. The molecule has 2 rings (SSSR count). The summed E-state index contributed by atoms with van der Waals surface area (Å²) < 4.78 is 13.2. The van der Waals surface area contributed by atoms with Gasteiger partial charge in [0.25, 0.3) is 0 Å². The van der Waals surface area contributed by atoms with Crippen LogP contribution in [0.25, 0.3) is 10.9 Å². The number of aryl methyl sites for hydroxylation is 1. The first-order valence-electron chi connectivity index (χ1n) is 6.46. The van der Waals surface area contributed by atoms with Crippen molar-refractivity contribution in [2.45, 2.75) is 19.8 Å². The van der Waals surface area contributed by atoms with E-state index in [0.717, 1.165) is 22.4 Å². The number of hydrogen-bond donors (Lipinski definition) is 1. The molecule has 0 radical (unpaired) electrons. The van der Waals surface area contributed by atoms with Crippen LogP contribution in [0.3, 0.4) is 0 Å². The summed E-state index contributed by atoms with van der Waals surface area (Å²) in [6.07, 6.45) is 0. The first kappa shape index (κ1) is 13.7. The Morgan fingerprint density at radius 3 is 2.32 bits per heavy atom. The molecule has 104 valence electrons. The minimum absolute atomic E-state index is 0.282. The van der Waals surface area contributed by atoms with E-state index in [4.69, 9.17) is 15.2 Å². The summed E-state index contributed by atoms with van der Waals surface area (Å²) in [6, 6.07) is 3.89. The minimum Gasteiger partial charge on any atom is -0.496 e. The first-order valence-corrected chi connectivity index (χ1v) is 6.46. The maximum Gasteiger partial charge on any atom is 0.143 e. The second-order valence-corrected chi connectivity index (χ2v) is 4.89. The third kappa shape index (κ3) is 1.96. The van der Waals surface area contributed by atoms with E-state index in [1.807, 2.05) is 19.2 Å². The topological polar surface area (TPSA) is 49.4 Å². The van der Waals surface area contributed by atoms with E-state index in [2.05, 4.69) is 18.4 Å². The van der Waals surface area contributed by atoms with Gasteiger partial charge in [0.15, 0.2) is 0 Å². The van der Waals surface area contributed by atoms with Gasteiger partial charge in [-0.25, -0.2) is 0 Å². The molecule has 0 aliphatic heterocycles. The molecular formula is C15H22N2O2. The Balaban J connectivity index is 2.92. The van der Waals surface area contributed by atoms with E-state index in [1.165, 1.54) is 11.3 Å². The van der Waals surface area contributed by atoms with Crippen LogP contribution in [0, 0.1) is 6.92 Å². The van der Waals surface area contributed by atoms with E-state index < -0.39 is 0 Å². The van der Waals surface area contributed by atoms with Crippen molar-refractivity contribution in [3.63, 3.8) is 0 Å². The molecule has 0 fully saturated rings. The van der Waals surface area contributed by atoms with Gasteiger partial charge in [0.2, 0.25) is 0 Å². The number of rotatable bonds is 4. The van der Waals surface area contributed by atoms with Crippen molar-refractivity contribution in [2.75, 3.05) is 20.8 Å². The molecule has 19 heavy (non-hydrogen) atoms. The second-order valence-electron chi connectivity index (χ2n) is 4.89. The predicted octanol–water partition coefficient (Wildman–Crippen LogP) is 2.57. The summed E-state index contributed by atoms with van der Waals surface area (Å²) >= 11 is 0. The van der Waals surface area contributed by atoms with Crippen LogP contribution in [-0.2, 0) is 7.05 Å². The zero-order valence-corrected chi connectivity index (χ0v) is 12.3. The maximum atomic E-state index is 5.85. The minimum atomic E-state index is 0.282. The molecule has 0 spiro atoms. The van der Waals surface area contributed by atoms with Gasteiger partial charge >= 0.3 is 0 Å². The van der Waals surface area contributed by atoms with Crippen molar-refractivity contribution in [1.82, 2.24) is 4.57 Å². The highest BCUT2D eigenvalue weighted by molar-refractivity contribution is 5.96. The molecule has 2 N–H and O–H groups in total. The Labute approximate surface area is 114 Å². The molecule has 1 aromatic heterocycles. The highest BCUT2D eigenvalue weighted by Crippen LogP contribution is 2.41. The Morgan fingerprint density at radius 1 is 1.21 bits per heavy atom. The highest BCUT2D eigenvalue weighted by Gasteiger charge is 2.22. The van der Waals surface area contributed by atoms with Gasteiger partial charge in [-0.05, 0) is 37.1 Å².